The van der Waals surface area contributed by atoms with Crippen molar-refractivity contribution < 1.29 is 4.79 Å². The van der Waals surface area contributed by atoms with Gasteiger partial charge in [0.25, 0.3) is 0 Å². The smallest absolute Gasteiger partial charge is 0.139 e. The first-order valence-electron chi connectivity index (χ1n) is 5.78. The molecule has 0 aliphatic heterocycles. The number of ketones is 1. The predicted molar refractivity (Wildman–Crippen MR) is 51.3 cm³/mol. The first-order valence-corrected chi connectivity index (χ1v) is 5.78. The maximum atomic E-state index is 12.0. The predicted octanol–water partition coefficient (Wildman–Crippen LogP) is 2.79. The third-order valence-corrected chi connectivity index (χ3v) is 5.10. The van der Waals surface area contributed by atoms with Gasteiger partial charge < -0.3 is 0 Å². The van der Waals surface area contributed by atoms with E-state index in [0.29, 0.717) is 5.78 Å². The van der Waals surface area contributed by atoms with Crippen LogP contribution in [0.4, 0.5) is 0 Å². The van der Waals surface area contributed by atoms with Crippen LogP contribution in [0.15, 0.2) is 0 Å². The number of carbonyl (C=O) groups is 1. The molecule has 4 unspecified atom stereocenters. The van der Waals surface area contributed by atoms with Gasteiger partial charge in [-0.25, -0.2) is 0 Å². The molecule has 1 heteroatoms. The summed E-state index contributed by atoms with van der Waals surface area (Å²) in [5, 5.41) is 0. The van der Waals surface area contributed by atoms with Gasteiger partial charge >= 0.3 is 0 Å². The van der Waals surface area contributed by atoms with Crippen molar-refractivity contribution in [2.45, 2.75) is 45.4 Å². The summed E-state index contributed by atoms with van der Waals surface area (Å²) in [5.74, 6) is 3.03. The third-order valence-electron chi connectivity index (χ3n) is 5.10. The van der Waals surface area contributed by atoms with Crippen molar-refractivity contribution in [2.75, 3.05) is 0 Å². The summed E-state index contributed by atoms with van der Waals surface area (Å²) in [6.07, 6.45) is 7.30. The van der Waals surface area contributed by atoms with Gasteiger partial charge in [0.1, 0.15) is 5.78 Å². The standard InChI is InChI=1S/C12H18O/c1-8-4-5-11(13)12-6-2-3-9(12)7-10(8)12/h8-10H,2-7H2,1H3. The fraction of sp³-hybridized carbons (Fsp3) is 0.917. The number of carbonyl (C=O) groups excluding carboxylic acids is 1. The van der Waals surface area contributed by atoms with Gasteiger partial charge in [-0.3, -0.25) is 4.79 Å². The molecule has 0 amide bonds. The molecule has 0 saturated heterocycles. The molecular weight excluding hydrogens is 160 g/mol. The zero-order valence-corrected chi connectivity index (χ0v) is 8.38. The highest BCUT2D eigenvalue weighted by Gasteiger charge is 2.63. The van der Waals surface area contributed by atoms with E-state index in [1.165, 1.54) is 25.7 Å². The maximum Gasteiger partial charge on any atom is 0.139 e. The fourth-order valence-corrected chi connectivity index (χ4v) is 4.38. The average Bonchev–Trinajstić information content (AvgIpc) is 2.37. The minimum atomic E-state index is 0.220. The van der Waals surface area contributed by atoms with Crippen LogP contribution in [-0.2, 0) is 4.79 Å². The lowest BCUT2D eigenvalue weighted by atomic mass is 9.46. The molecule has 0 bridgehead atoms. The van der Waals surface area contributed by atoms with Crippen LogP contribution in [0.25, 0.3) is 0 Å². The second-order valence-electron chi connectivity index (χ2n) is 5.41. The average molecular weight is 178 g/mol. The van der Waals surface area contributed by atoms with Crippen LogP contribution in [0.1, 0.15) is 45.4 Å². The lowest BCUT2D eigenvalue weighted by molar-refractivity contribution is -0.157. The van der Waals surface area contributed by atoms with Crippen LogP contribution in [0.2, 0.25) is 0 Å². The molecular formula is C12H18O. The van der Waals surface area contributed by atoms with E-state index < -0.39 is 0 Å². The lowest BCUT2D eigenvalue weighted by Crippen LogP contribution is -2.56. The minimum Gasteiger partial charge on any atom is -0.299 e. The molecule has 3 fully saturated rings. The summed E-state index contributed by atoms with van der Waals surface area (Å²) in [7, 11) is 0. The molecule has 0 N–H and O–H groups in total. The van der Waals surface area contributed by atoms with Gasteiger partial charge in [0, 0.05) is 11.8 Å². The molecule has 0 heterocycles. The molecule has 0 radical (unpaired) electrons. The van der Waals surface area contributed by atoms with Gasteiger partial charge in [-0.1, -0.05) is 13.3 Å². The monoisotopic (exact) mass is 178 g/mol. The van der Waals surface area contributed by atoms with Crippen molar-refractivity contribution >= 4 is 5.78 Å². The summed E-state index contributed by atoms with van der Waals surface area (Å²) >= 11 is 0. The quantitative estimate of drug-likeness (QED) is 0.557. The van der Waals surface area contributed by atoms with Crippen molar-refractivity contribution in [1.82, 2.24) is 0 Å². The van der Waals surface area contributed by atoms with Crippen molar-refractivity contribution in [1.29, 1.82) is 0 Å². The Hall–Kier alpha value is -0.330. The van der Waals surface area contributed by atoms with Crippen LogP contribution in [0.5, 0.6) is 0 Å². The van der Waals surface area contributed by atoms with Gasteiger partial charge in [-0.2, -0.15) is 0 Å². The van der Waals surface area contributed by atoms with E-state index in [1.807, 2.05) is 0 Å². The first-order chi connectivity index (χ1) is 6.25. The van der Waals surface area contributed by atoms with Gasteiger partial charge in [0.05, 0.1) is 0 Å². The summed E-state index contributed by atoms with van der Waals surface area (Å²) in [5.41, 5.74) is 0.220. The largest absolute Gasteiger partial charge is 0.299 e. The highest BCUT2D eigenvalue weighted by atomic mass is 16.1. The minimum absolute atomic E-state index is 0.220. The van der Waals surface area contributed by atoms with Crippen molar-refractivity contribution in [3.8, 4) is 0 Å². The first kappa shape index (κ1) is 8.02. The van der Waals surface area contributed by atoms with Gasteiger partial charge in [0.2, 0.25) is 0 Å². The van der Waals surface area contributed by atoms with E-state index in [9.17, 15) is 4.79 Å². The second-order valence-corrected chi connectivity index (χ2v) is 5.41. The van der Waals surface area contributed by atoms with Crippen molar-refractivity contribution in [2.24, 2.45) is 23.2 Å². The van der Waals surface area contributed by atoms with E-state index in [0.717, 1.165) is 30.6 Å². The Labute approximate surface area is 79.9 Å². The van der Waals surface area contributed by atoms with E-state index in [2.05, 4.69) is 6.92 Å². The van der Waals surface area contributed by atoms with Crippen LogP contribution >= 0.6 is 0 Å². The fourth-order valence-electron chi connectivity index (χ4n) is 4.38. The molecule has 0 aromatic rings. The highest BCUT2D eigenvalue weighted by Crippen LogP contribution is 2.66. The zero-order chi connectivity index (χ0) is 9.05. The molecule has 4 atom stereocenters. The summed E-state index contributed by atoms with van der Waals surface area (Å²) in [4.78, 5) is 12.0. The SMILES string of the molecule is CC1CCC(=O)C23CCCC2CC13. The third kappa shape index (κ3) is 0.769. The molecule has 3 aliphatic carbocycles. The van der Waals surface area contributed by atoms with E-state index in [1.54, 1.807) is 0 Å². The lowest BCUT2D eigenvalue weighted by Gasteiger charge is -2.57. The van der Waals surface area contributed by atoms with Crippen LogP contribution in [-0.4, -0.2) is 5.78 Å². The molecule has 1 nitrogen and oxygen atoms in total. The Morgan fingerprint density at radius 2 is 2.23 bits per heavy atom. The molecule has 3 rings (SSSR count). The second kappa shape index (κ2) is 2.37. The number of hydrogen-bond donors (Lipinski definition) is 0. The molecule has 13 heavy (non-hydrogen) atoms. The summed E-state index contributed by atoms with van der Waals surface area (Å²) < 4.78 is 0. The summed E-state index contributed by atoms with van der Waals surface area (Å²) in [6, 6.07) is 0. The molecule has 72 valence electrons. The number of hydrogen-bond acceptors (Lipinski definition) is 1. The van der Waals surface area contributed by atoms with Crippen LogP contribution < -0.4 is 0 Å². The molecule has 0 aromatic heterocycles. The van der Waals surface area contributed by atoms with Gasteiger partial charge in [0.15, 0.2) is 0 Å². The topological polar surface area (TPSA) is 17.1 Å². The van der Waals surface area contributed by atoms with Crippen LogP contribution in [0.3, 0.4) is 0 Å². The Morgan fingerprint density at radius 3 is 3.00 bits per heavy atom. The molecule has 3 aliphatic rings. The molecule has 3 saturated carbocycles. The normalized spacial score (nSPS) is 53.9. The molecule has 0 aromatic carbocycles. The van der Waals surface area contributed by atoms with Crippen molar-refractivity contribution in [3.63, 3.8) is 0 Å². The Morgan fingerprint density at radius 1 is 1.38 bits per heavy atom. The Balaban J connectivity index is 1.97. The highest BCUT2D eigenvalue weighted by molar-refractivity contribution is 5.87. The van der Waals surface area contributed by atoms with E-state index in [-0.39, 0.29) is 5.41 Å². The van der Waals surface area contributed by atoms with Gasteiger partial charge in [-0.15, -0.1) is 0 Å². The van der Waals surface area contributed by atoms with E-state index >= 15 is 0 Å². The number of rotatable bonds is 0. The van der Waals surface area contributed by atoms with E-state index in [4.69, 9.17) is 0 Å². The van der Waals surface area contributed by atoms with Crippen LogP contribution in [0, 0.1) is 23.2 Å². The van der Waals surface area contributed by atoms with Gasteiger partial charge in [-0.05, 0) is 43.4 Å². The summed E-state index contributed by atoms with van der Waals surface area (Å²) in [6.45, 7) is 2.35. The Kier molecular flexibility index (Phi) is 1.46. The Bertz CT molecular complexity index is 258. The van der Waals surface area contributed by atoms with Crippen molar-refractivity contribution in [3.05, 3.63) is 0 Å². The maximum absolute atomic E-state index is 12.0. The molecule has 1 spiro atoms. The number of Topliss-reactive ketones (excluding diaryl/α,β-unsaturated/α-hetero) is 1. The zero-order valence-electron chi connectivity index (χ0n) is 8.38.